The molecule has 0 saturated heterocycles. The molecule has 23 heavy (non-hydrogen) atoms. The molecule has 1 heterocycles. The van der Waals surface area contributed by atoms with E-state index in [9.17, 15) is 9.18 Å². The van der Waals surface area contributed by atoms with Crippen molar-refractivity contribution < 1.29 is 18.7 Å². The summed E-state index contributed by atoms with van der Waals surface area (Å²) in [5.41, 5.74) is 1.24. The van der Waals surface area contributed by atoms with Gasteiger partial charge in [-0.05, 0) is 12.1 Å². The molecule has 0 bridgehead atoms. The summed E-state index contributed by atoms with van der Waals surface area (Å²) in [4.78, 5) is 13.6. The lowest BCUT2D eigenvalue weighted by atomic mass is 10.1. The van der Waals surface area contributed by atoms with E-state index in [0.29, 0.717) is 17.9 Å². The molecule has 3 rings (SSSR count). The average Bonchev–Trinajstić information content (AvgIpc) is 2.75. The van der Waals surface area contributed by atoms with Gasteiger partial charge in [-0.2, -0.15) is 0 Å². The van der Waals surface area contributed by atoms with E-state index in [-0.39, 0.29) is 12.4 Å². The van der Waals surface area contributed by atoms with Gasteiger partial charge in [-0.25, -0.2) is 9.18 Å². The first-order valence-corrected chi connectivity index (χ1v) is 7.24. The molecule has 0 fully saturated rings. The van der Waals surface area contributed by atoms with Crippen molar-refractivity contribution in [3.05, 3.63) is 78.3 Å². The van der Waals surface area contributed by atoms with Gasteiger partial charge in [0.2, 0.25) is 0 Å². The van der Waals surface area contributed by atoms with Crippen LogP contribution in [0.3, 0.4) is 0 Å². The zero-order valence-corrected chi connectivity index (χ0v) is 12.4. The molecule has 2 aromatic rings. The molecule has 118 valence electrons. The Kier molecular flexibility index (Phi) is 4.28. The normalized spacial score (nSPS) is 16.7. The topological polar surface area (TPSA) is 38.8 Å². The Morgan fingerprint density at radius 2 is 2.00 bits per heavy atom. The maximum Gasteiger partial charge on any atom is 0.415 e. The zero-order valence-electron chi connectivity index (χ0n) is 12.4. The zero-order chi connectivity index (χ0) is 16.2. The highest BCUT2D eigenvalue weighted by Gasteiger charge is 2.29. The van der Waals surface area contributed by atoms with Gasteiger partial charge < -0.3 is 9.47 Å². The van der Waals surface area contributed by atoms with Crippen molar-refractivity contribution in [2.75, 3.05) is 6.54 Å². The van der Waals surface area contributed by atoms with Crippen molar-refractivity contribution >= 4 is 6.09 Å². The lowest BCUT2D eigenvalue weighted by Gasteiger charge is -2.23. The SMILES string of the molecule is C=COC(=O)N1Cc2ccccc2OC(c2ccccc2F)C1. The van der Waals surface area contributed by atoms with Crippen LogP contribution in [-0.4, -0.2) is 17.5 Å². The number of hydrogen-bond donors (Lipinski definition) is 0. The smallest absolute Gasteiger partial charge is 0.415 e. The molecule has 0 radical (unpaired) electrons. The first-order chi connectivity index (χ1) is 11.2. The summed E-state index contributed by atoms with van der Waals surface area (Å²) in [6.07, 6.45) is -0.0724. The van der Waals surface area contributed by atoms with Crippen LogP contribution < -0.4 is 4.74 Å². The van der Waals surface area contributed by atoms with Gasteiger partial charge in [0.25, 0.3) is 0 Å². The average molecular weight is 313 g/mol. The monoisotopic (exact) mass is 313 g/mol. The summed E-state index contributed by atoms with van der Waals surface area (Å²) in [5.74, 6) is 0.267. The van der Waals surface area contributed by atoms with Crippen molar-refractivity contribution in [1.29, 1.82) is 0 Å². The molecule has 1 unspecified atom stereocenters. The van der Waals surface area contributed by atoms with Gasteiger partial charge in [0, 0.05) is 11.1 Å². The maximum atomic E-state index is 14.1. The van der Waals surface area contributed by atoms with Gasteiger partial charge in [0.15, 0.2) is 0 Å². The molecular formula is C18H16FNO3. The standard InChI is InChI=1S/C18H16FNO3/c1-2-22-18(21)20-11-13-7-3-6-10-16(13)23-17(12-20)14-8-4-5-9-15(14)19/h2-10,17H,1,11-12H2. The number of nitrogens with zero attached hydrogens (tertiary/aromatic N) is 1. The van der Waals surface area contributed by atoms with Gasteiger partial charge in [0.05, 0.1) is 19.4 Å². The van der Waals surface area contributed by atoms with Crippen molar-refractivity contribution in [3.8, 4) is 5.75 Å². The van der Waals surface area contributed by atoms with Gasteiger partial charge in [-0.1, -0.05) is 43.0 Å². The highest BCUT2D eigenvalue weighted by atomic mass is 19.1. The van der Waals surface area contributed by atoms with Crippen LogP contribution in [0.15, 0.2) is 61.4 Å². The molecular weight excluding hydrogens is 297 g/mol. The minimum absolute atomic E-state index is 0.183. The molecule has 4 nitrogen and oxygen atoms in total. The second-order valence-corrected chi connectivity index (χ2v) is 5.17. The van der Waals surface area contributed by atoms with E-state index in [0.717, 1.165) is 11.8 Å². The number of benzene rings is 2. The van der Waals surface area contributed by atoms with Crippen molar-refractivity contribution in [3.63, 3.8) is 0 Å². The molecule has 0 aromatic heterocycles. The van der Waals surface area contributed by atoms with Crippen molar-refractivity contribution in [2.24, 2.45) is 0 Å². The highest BCUT2D eigenvalue weighted by Crippen LogP contribution is 2.32. The van der Waals surface area contributed by atoms with E-state index in [1.54, 1.807) is 18.2 Å². The number of amides is 1. The Morgan fingerprint density at radius 3 is 2.78 bits per heavy atom. The highest BCUT2D eigenvalue weighted by molar-refractivity contribution is 5.68. The van der Waals surface area contributed by atoms with Gasteiger partial charge in [0.1, 0.15) is 17.7 Å². The quantitative estimate of drug-likeness (QED) is 0.785. The molecule has 0 N–H and O–H groups in total. The van der Waals surface area contributed by atoms with E-state index in [1.807, 2.05) is 24.3 Å². The van der Waals surface area contributed by atoms with Crippen LogP contribution in [0.1, 0.15) is 17.2 Å². The summed E-state index contributed by atoms with van der Waals surface area (Å²) in [5, 5.41) is 0. The van der Waals surface area contributed by atoms with Crippen LogP contribution in [0, 0.1) is 5.82 Å². The number of hydrogen-bond acceptors (Lipinski definition) is 3. The van der Waals surface area contributed by atoms with Crippen molar-refractivity contribution in [1.82, 2.24) is 4.90 Å². The first kappa shape index (κ1) is 15.1. The van der Waals surface area contributed by atoms with E-state index in [1.165, 1.54) is 11.0 Å². The Hall–Kier alpha value is -2.82. The predicted octanol–water partition coefficient (Wildman–Crippen LogP) is 4.04. The van der Waals surface area contributed by atoms with E-state index in [4.69, 9.17) is 9.47 Å². The van der Waals surface area contributed by atoms with E-state index < -0.39 is 12.2 Å². The maximum absolute atomic E-state index is 14.1. The fraction of sp³-hybridized carbons (Fsp3) is 0.167. The third-order valence-corrected chi connectivity index (χ3v) is 3.68. The molecule has 5 heteroatoms. The number of ether oxygens (including phenoxy) is 2. The van der Waals surface area contributed by atoms with Crippen LogP contribution in [0.5, 0.6) is 5.75 Å². The number of carbonyl (C=O) groups excluding carboxylic acids is 1. The second kappa shape index (κ2) is 6.52. The predicted molar refractivity (Wildman–Crippen MR) is 83.3 cm³/mol. The summed E-state index contributed by atoms with van der Waals surface area (Å²) in [6.45, 7) is 3.90. The van der Waals surface area contributed by atoms with Gasteiger partial charge in [-0.15, -0.1) is 0 Å². The molecule has 0 saturated carbocycles. The van der Waals surface area contributed by atoms with Crippen molar-refractivity contribution in [2.45, 2.75) is 12.6 Å². The van der Waals surface area contributed by atoms with Crippen LogP contribution in [0.25, 0.3) is 0 Å². The number of rotatable bonds is 2. The van der Waals surface area contributed by atoms with E-state index in [2.05, 4.69) is 6.58 Å². The summed E-state index contributed by atoms with van der Waals surface area (Å²) < 4.78 is 25.0. The number of halogens is 1. The number of carbonyl (C=O) groups is 1. The molecule has 1 aliphatic rings. The van der Waals surface area contributed by atoms with E-state index >= 15 is 0 Å². The third-order valence-electron chi connectivity index (χ3n) is 3.68. The lowest BCUT2D eigenvalue weighted by molar-refractivity contribution is 0.109. The molecule has 1 aliphatic heterocycles. The number of fused-ring (bicyclic) bond motifs is 1. The summed E-state index contributed by atoms with van der Waals surface area (Å²) >= 11 is 0. The minimum atomic E-state index is -0.614. The number of para-hydroxylation sites is 1. The Balaban J connectivity index is 1.99. The Bertz CT molecular complexity index is 732. The van der Waals surface area contributed by atoms with Crippen LogP contribution in [0.2, 0.25) is 0 Å². The molecule has 1 atom stereocenters. The molecule has 2 aromatic carbocycles. The fourth-order valence-electron chi connectivity index (χ4n) is 2.59. The minimum Gasteiger partial charge on any atom is -0.483 e. The van der Waals surface area contributed by atoms with Gasteiger partial charge in [-0.3, -0.25) is 4.90 Å². The Morgan fingerprint density at radius 1 is 1.26 bits per heavy atom. The van der Waals surface area contributed by atoms with Crippen LogP contribution >= 0.6 is 0 Å². The Labute approximate surface area is 133 Å². The largest absolute Gasteiger partial charge is 0.483 e. The second-order valence-electron chi connectivity index (χ2n) is 5.17. The summed E-state index contributed by atoms with van der Waals surface area (Å²) in [7, 11) is 0. The van der Waals surface area contributed by atoms with Crippen LogP contribution in [-0.2, 0) is 11.3 Å². The first-order valence-electron chi connectivity index (χ1n) is 7.24. The fourth-order valence-corrected chi connectivity index (χ4v) is 2.59. The van der Waals surface area contributed by atoms with Crippen LogP contribution in [0.4, 0.5) is 9.18 Å². The summed E-state index contributed by atoms with van der Waals surface area (Å²) in [6, 6.07) is 13.8. The lowest BCUT2D eigenvalue weighted by Crippen LogP contribution is -2.33. The van der Waals surface area contributed by atoms with Gasteiger partial charge >= 0.3 is 6.09 Å². The molecule has 1 amide bonds. The molecule has 0 spiro atoms. The third kappa shape index (κ3) is 3.18. The molecule has 0 aliphatic carbocycles.